The fourth-order valence-electron chi connectivity index (χ4n) is 9.56. The third-order valence-corrected chi connectivity index (χ3v) is 12.9. The number of oxazole rings is 1. The van der Waals surface area contributed by atoms with Gasteiger partial charge in [0.05, 0.1) is 55.3 Å². The lowest BCUT2D eigenvalue weighted by atomic mass is 9.91. The van der Waals surface area contributed by atoms with Gasteiger partial charge in [-0.25, -0.2) is 15.0 Å². The number of amides is 5. The van der Waals surface area contributed by atoms with Gasteiger partial charge in [-0.1, -0.05) is 32.9 Å². The van der Waals surface area contributed by atoms with Gasteiger partial charge in [0.25, 0.3) is 11.8 Å². The number of hydrogen-bond donors (Lipinski definition) is 5. The predicted molar refractivity (Wildman–Crippen MR) is 271 cm³/mol. The number of primary amides is 2. The highest BCUT2D eigenvalue weighted by Gasteiger charge is 2.48. The molecular weight excluding hydrogens is 941 g/mol. The average Bonchev–Trinajstić information content (AvgIpc) is 4.12. The molecule has 8 rings (SSSR count). The predicted octanol–water partition coefficient (Wildman–Crippen LogP) is 3.79. The number of aryl methyl sites for hydroxylation is 4. The van der Waals surface area contributed by atoms with E-state index in [0.29, 0.717) is 128 Å². The summed E-state index contributed by atoms with van der Waals surface area (Å²) in [4.78, 5) is 83.8. The molecule has 5 amide bonds. The van der Waals surface area contributed by atoms with Crippen molar-refractivity contribution in [1.29, 1.82) is 0 Å². The summed E-state index contributed by atoms with van der Waals surface area (Å²) in [7, 11) is 1.46. The molecule has 0 radical (unpaired) electrons. The topological polar surface area (TPSA) is 301 Å². The van der Waals surface area contributed by atoms with Crippen LogP contribution >= 0.6 is 0 Å². The number of nitrogens with one attached hydrogen (secondary N) is 2. The number of fused-ring (bicyclic) bond motifs is 2. The summed E-state index contributed by atoms with van der Waals surface area (Å²) in [5.41, 5.74) is 20.7. The second kappa shape index (κ2) is 21.6. The zero-order valence-corrected chi connectivity index (χ0v) is 42.3. The first kappa shape index (κ1) is 51.7. The van der Waals surface area contributed by atoms with Crippen LogP contribution in [0.3, 0.4) is 0 Å². The highest BCUT2D eigenvalue weighted by molar-refractivity contribution is 6.05. The summed E-state index contributed by atoms with van der Waals surface area (Å²) < 4.78 is 29.2. The first-order chi connectivity index (χ1) is 34.9. The Morgan fingerprint density at radius 2 is 1.47 bits per heavy atom. The zero-order chi connectivity index (χ0) is 52.3. The number of carbonyl (C=O) groups is 5. The summed E-state index contributed by atoms with van der Waals surface area (Å²) in [5.74, 6) is -0.891. The van der Waals surface area contributed by atoms with E-state index in [1.54, 1.807) is 39.8 Å². The largest absolute Gasteiger partial charge is 0.494 e. The number of allylic oxidation sites excluding steroid dienone is 2. The van der Waals surface area contributed by atoms with Gasteiger partial charge in [-0.05, 0) is 69.4 Å². The lowest BCUT2D eigenvalue weighted by molar-refractivity contribution is -0.189. The quantitative estimate of drug-likeness (QED) is 0.0506. The molecule has 2 aliphatic rings. The van der Waals surface area contributed by atoms with E-state index in [-0.39, 0.29) is 54.4 Å². The first-order valence-corrected chi connectivity index (χ1v) is 24.4. The normalized spacial score (nSPS) is 15.1. The zero-order valence-electron chi connectivity index (χ0n) is 42.3. The number of imidazole rings is 2. The van der Waals surface area contributed by atoms with Crippen molar-refractivity contribution in [3.63, 3.8) is 0 Å². The number of benzene rings is 2. The van der Waals surface area contributed by atoms with Crippen molar-refractivity contribution in [2.45, 2.75) is 92.1 Å². The van der Waals surface area contributed by atoms with E-state index < -0.39 is 35.3 Å². The maximum Gasteiger partial charge on any atom is 0.295 e. The summed E-state index contributed by atoms with van der Waals surface area (Å²) in [6.45, 7) is 15.7. The molecule has 0 bridgehead atoms. The number of anilines is 2. The number of morpholine rings is 1. The first-order valence-electron chi connectivity index (χ1n) is 24.4. The average molecular weight is 1010 g/mol. The molecule has 23 heteroatoms. The van der Waals surface area contributed by atoms with Crippen molar-refractivity contribution in [2.75, 3.05) is 63.7 Å². The monoisotopic (exact) mass is 1000 g/mol. The van der Waals surface area contributed by atoms with E-state index in [4.69, 9.17) is 45.8 Å². The number of nitrogens with zero attached hydrogens (tertiary/aromatic N) is 9. The van der Waals surface area contributed by atoms with Crippen molar-refractivity contribution in [3.8, 4) is 11.5 Å². The van der Waals surface area contributed by atoms with Crippen LogP contribution in [0, 0.1) is 19.8 Å². The van der Waals surface area contributed by atoms with Crippen LogP contribution in [0.4, 0.5) is 11.9 Å². The van der Waals surface area contributed by atoms with Gasteiger partial charge in [0.15, 0.2) is 5.89 Å². The van der Waals surface area contributed by atoms with Crippen molar-refractivity contribution in [1.82, 2.24) is 43.7 Å². The smallest absolute Gasteiger partial charge is 0.295 e. The summed E-state index contributed by atoms with van der Waals surface area (Å²) in [5, 5.41) is 10.2. The fourth-order valence-corrected chi connectivity index (χ4v) is 9.56. The molecule has 0 saturated carbocycles. The van der Waals surface area contributed by atoms with Crippen molar-refractivity contribution >= 4 is 63.5 Å². The molecule has 4 aromatic heterocycles. The molecule has 0 unspecified atom stereocenters. The lowest BCUT2D eigenvalue weighted by Crippen LogP contribution is -2.71. The van der Waals surface area contributed by atoms with E-state index in [9.17, 15) is 24.0 Å². The van der Waals surface area contributed by atoms with Crippen molar-refractivity contribution < 1.29 is 42.6 Å². The molecule has 2 aromatic carbocycles. The van der Waals surface area contributed by atoms with Gasteiger partial charge in [-0.3, -0.25) is 44.2 Å². The highest BCUT2D eigenvalue weighted by Crippen LogP contribution is 2.34. The molecule has 2 fully saturated rings. The minimum atomic E-state index is -0.698. The van der Waals surface area contributed by atoms with Crippen LogP contribution in [0.1, 0.15) is 99.6 Å². The van der Waals surface area contributed by atoms with Crippen molar-refractivity contribution in [2.24, 2.45) is 23.1 Å². The van der Waals surface area contributed by atoms with Gasteiger partial charge in [0, 0.05) is 63.9 Å². The number of ether oxygens (including phenoxy) is 3. The Hall–Kier alpha value is -7.63. The molecule has 73 heavy (non-hydrogen) atoms. The van der Waals surface area contributed by atoms with E-state index in [1.165, 1.54) is 25.3 Å². The Kier molecular flexibility index (Phi) is 15.3. The van der Waals surface area contributed by atoms with Gasteiger partial charge in [0.1, 0.15) is 33.8 Å². The summed E-state index contributed by atoms with van der Waals surface area (Å²) >= 11 is 0. The second-order valence-electron chi connectivity index (χ2n) is 18.9. The number of aromatic nitrogens is 7. The Balaban J connectivity index is 1.06. The minimum Gasteiger partial charge on any atom is -0.494 e. The molecule has 1 atom stereocenters. The maximum atomic E-state index is 13.9. The van der Waals surface area contributed by atoms with Gasteiger partial charge in [0.2, 0.25) is 35.4 Å². The van der Waals surface area contributed by atoms with Gasteiger partial charge in [-0.2, -0.15) is 5.10 Å². The Morgan fingerprint density at radius 1 is 0.849 bits per heavy atom. The van der Waals surface area contributed by atoms with Crippen LogP contribution in [0.2, 0.25) is 0 Å². The van der Waals surface area contributed by atoms with Crippen molar-refractivity contribution in [3.05, 3.63) is 82.3 Å². The van der Waals surface area contributed by atoms with Crippen LogP contribution < -0.4 is 37.3 Å². The molecule has 6 heterocycles. The van der Waals surface area contributed by atoms with E-state index >= 15 is 0 Å². The van der Waals surface area contributed by atoms with Gasteiger partial charge < -0.3 is 49.9 Å². The maximum absolute atomic E-state index is 13.9. The third-order valence-electron chi connectivity index (χ3n) is 12.9. The van der Waals surface area contributed by atoms with Crippen LogP contribution in [0.15, 0.2) is 46.9 Å². The minimum absolute atomic E-state index is 0.0380. The van der Waals surface area contributed by atoms with Crippen LogP contribution in [0.25, 0.3) is 22.1 Å². The van der Waals surface area contributed by atoms with Crippen LogP contribution in [-0.2, 0) is 35.6 Å². The molecule has 2 aliphatic heterocycles. The van der Waals surface area contributed by atoms with E-state index in [2.05, 4.69) is 39.5 Å². The molecular formula is C50H64N14O9. The van der Waals surface area contributed by atoms with E-state index in [0.717, 1.165) is 0 Å². The molecule has 0 aliphatic carbocycles. The molecule has 388 valence electrons. The number of likely N-dealkylation sites (tertiary alicyclic amines) is 1. The number of methoxy groups -OCH3 is 1. The molecule has 23 nitrogen and oxygen atoms in total. The molecule has 8 N–H and O–H groups in total. The number of hydrogen-bond acceptors (Lipinski definition) is 15. The lowest BCUT2D eigenvalue weighted by Gasteiger charge is -2.54. The highest BCUT2D eigenvalue weighted by atomic mass is 16.5. The van der Waals surface area contributed by atoms with Crippen LogP contribution in [0.5, 0.6) is 11.5 Å². The molecule has 1 spiro atoms. The Bertz CT molecular complexity index is 3100. The summed E-state index contributed by atoms with van der Waals surface area (Å²) in [6.07, 6.45) is 5.33. The van der Waals surface area contributed by atoms with Gasteiger partial charge >= 0.3 is 0 Å². The Labute approximate surface area is 421 Å². The van der Waals surface area contributed by atoms with Crippen LogP contribution in [-0.4, -0.2) is 138 Å². The Morgan fingerprint density at radius 3 is 2.05 bits per heavy atom. The van der Waals surface area contributed by atoms with Gasteiger partial charge in [-0.15, -0.1) is 0 Å². The number of rotatable bonds is 21. The SMILES string of the molecule is CCc1nc(C)oc1C(=O)Nc1nc2cc(C(N)=O)cc(OCCCN3CC4(C3)CN(C(=O)[C@@H](N)CC(C)C)CCO4)c2n1C/C=C/Cn1c(NC(=O)c2cc(C)nn2CC)nc2cc(C(N)=O)cc(OC)c21. The standard InChI is InChI=1S/C50H64N14O9/c1-8-34-42(73-30(6)54-34)46(68)58-49-56-36-22-32(44(53)66)24-39(71-17-12-13-60-25-50(26-60)27-61(16-18-72-50)47(69)33(51)19-28(3)4)41(36)63(49)15-11-10-14-62-40-35(21-31(43(52)65)23-38(40)70-7)55-48(62)57-45(67)37-20-29(5)59-64(37)9-2/h10-11,20-24,28,33H,8-9,12-19,25-27,51H2,1-7H3,(H2,52,65)(H2,53,66)(H,55,57,67)(H,56,58,68)/b11-10+/t33-/m0/s1. The number of nitrogens with two attached hydrogens (primary N) is 3. The molecule has 2 saturated heterocycles. The molecule has 6 aromatic rings. The number of carbonyl (C=O) groups excluding carboxylic acids is 5. The third kappa shape index (κ3) is 11.1. The summed E-state index contributed by atoms with van der Waals surface area (Å²) in [6, 6.07) is 7.27. The fraction of sp³-hybridized carbons (Fsp3) is 0.460. The van der Waals surface area contributed by atoms with E-state index in [1.807, 2.05) is 30.9 Å². The second-order valence-corrected chi connectivity index (χ2v) is 18.9.